The number of hydrazone groups is 1. The predicted octanol–water partition coefficient (Wildman–Crippen LogP) is 4.95. The number of nitrogens with one attached hydrogen (secondary N) is 1. The summed E-state index contributed by atoms with van der Waals surface area (Å²) in [5.41, 5.74) is 6.77. The number of para-hydroxylation sites is 1. The second-order valence-corrected chi connectivity index (χ2v) is 11.4. The van der Waals surface area contributed by atoms with E-state index in [1.165, 1.54) is 34.1 Å². The Morgan fingerprint density at radius 1 is 1.05 bits per heavy atom. The Hall–Kier alpha value is -3.46. The standard InChI is InChI=1S/C28H27ClN4O3S/c1-20-25(24-10-5-6-11-26(24)32(20)19-21-8-3-2-4-9-21)18-30-31-28(34)27-12-7-17-33(27)37(35,36)23-15-13-22(29)14-16-23/h2-6,8-11,13-16,18,27H,7,12,17,19H2,1H3,(H,31,34)/b30-18-/t27-/m0/s1. The van der Waals surface area contributed by atoms with Gasteiger partial charge in [-0.3, -0.25) is 4.79 Å². The first-order chi connectivity index (χ1) is 17.9. The fourth-order valence-electron chi connectivity index (χ4n) is 4.86. The molecule has 3 aromatic carbocycles. The average molecular weight is 535 g/mol. The van der Waals surface area contributed by atoms with E-state index in [0.29, 0.717) is 24.4 Å². The van der Waals surface area contributed by atoms with Crippen LogP contribution in [-0.2, 0) is 21.4 Å². The van der Waals surface area contributed by atoms with Crippen LogP contribution in [0.25, 0.3) is 10.9 Å². The number of sulfonamides is 1. The van der Waals surface area contributed by atoms with E-state index in [4.69, 9.17) is 11.6 Å². The highest BCUT2D eigenvalue weighted by molar-refractivity contribution is 7.89. The molecule has 1 saturated heterocycles. The monoisotopic (exact) mass is 534 g/mol. The minimum Gasteiger partial charge on any atom is -0.340 e. The molecule has 1 fully saturated rings. The molecule has 0 bridgehead atoms. The van der Waals surface area contributed by atoms with Crippen molar-refractivity contribution < 1.29 is 13.2 Å². The molecule has 7 nitrogen and oxygen atoms in total. The fourth-order valence-corrected chi connectivity index (χ4v) is 6.64. The minimum absolute atomic E-state index is 0.113. The average Bonchev–Trinajstić information content (AvgIpc) is 3.50. The van der Waals surface area contributed by atoms with Gasteiger partial charge in [0.05, 0.1) is 11.1 Å². The Labute approximate surface area is 221 Å². The van der Waals surface area contributed by atoms with E-state index < -0.39 is 22.0 Å². The number of carbonyl (C=O) groups is 1. The van der Waals surface area contributed by atoms with Gasteiger partial charge in [-0.05, 0) is 55.7 Å². The maximum atomic E-state index is 13.2. The lowest BCUT2D eigenvalue weighted by molar-refractivity contribution is -0.124. The summed E-state index contributed by atoms with van der Waals surface area (Å²) in [6.07, 6.45) is 2.67. The molecule has 1 N–H and O–H groups in total. The molecule has 2 heterocycles. The summed E-state index contributed by atoms with van der Waals surface area (Å²) in [5, 5.41) is 5.72. The third-order valence-corrected chi connectivity index (χ3v) is 8.93. The first kappa shape index (κ1) is 25.2. The Morgan fingerprint density at radius 2 is 1.76 bits per heavy atom. The summed E-state index contributed by atoms with van der Waals surface area (Å²) in [7, 11) is -3.83. The van der Waals surface area contributed by atoms with Crippen LogP contribution in [0.5, 0.6) is 0 Å². The zero-order valence-electron chi connectivity index (χ0n) is 20.3. The maximum Gasteiger partial charge on any atom is 0.258 e. The van der Waals surface area contributed by atoms with Crippen LogP contribution in [0.4, 0.5) is 0 Å². The molecule has 190 valence electrons. The number of benzene rings is 3. The van der Waals surface area contributed by atoms with Crippen molar-refractivity contribution >= 4 is 44.6 Å². The van der Waals surface area contributed by atoms with Gasteiger partial charge in [-0.15, -0.1) is 0 Å². The van der Waals surface area contributed by atoms with Crippen LogP contribution in [0.1, 0.15) is 29.7 Å². The number of hydrogen-bond acceptors (Lipinski definition) is 4. The Bertz CT molecular complexity index is 1560. The first-order valence-corrected chi connectivity index (χ1v) is 13.9. The smallest absolute Gasteiger partial charge is 0.258 e. The van der Waals surface area contributed by atoms with Gasteiger partial charge in [-0.2, -0.15) is 9.41 Å². The van der Waals surface area contributed by atoms with Gasteiger partial charge in [0.1, 0.15) is 6.04 Å². The number of fused-ring (bicyclic) bond motifs is 1. The summed E-state index contributed by atoms with van der Waals surface area (Å²) in [4.78, 5) is 13.1. The molecule has 5 rings (SSSR count). The van der Waals surface area contributed by atoms with Gasteiger partial charge in [0.25, 0.3) is 5.91 Å². The number of hydrogen-bond donors (Lipinski definition) is 1. The van der Waals surface area contributed by atoms with Crippen molar-refractivity contribution in [1.82, 2.24) is 14.3 Å². The van der Waals surface area contributed by atoms with Crippen molar-refractivity contribution in [1.29, 1.82) is 0 Å². The zero-order valence-corrected chi connectivity index (χ0v) is 21.9. The molecule has 1 aliphatic heterocycles. The predicted molar refractivity (Wildman–Crippen MR) is 146 cm³/mol. The number of nitrogens with zero attached hydrogens (tertiary/aromatic N) is 3. The van der Waals surface area contributed by atoms with Crippen molar-refractivity contribution in [2.75, 3.05) is 6.54 Å². The van der Waals surface area contributed by atoms with Crippen molar-refractivity contribution in [3.8, 4) is 0 Å². The molecule has 0 spiro atoms. The highest BCUT2D eigenvalue weighted by atomic mass is 35.5. The maximum absolute atomic E-state index is 13.2. The summed E-state index contributed by atoms with van der Waals surface area (Å²) in [5.74, 6) is -0.447. The molecule has 4 aromatic rings. The van der Waals surface area contributed by atoms with Crippen molar-refractivity contribution in [3.63, 3.8) is 0 Å². The van der Waals surface area contributed by atoms with Crippen LogP contribution < -0.4 is 5.43 Å². The van der Waals surface area contributed by atoms with Crippen LogP contribution in [0.2, 0.25) is 5.02 Å². The lowest BCUT2D eigenvalue weighted by atomic mass is 10.1. The van der Waals surface area contributed by atoms with Gasteiger partial charge < -0.3 is 4.57 Å². The number of carbonyl (C=O) groups excluding carboxylic acids is 1. The fraction of sp³-hybridized carbons (Fsp3) is 0.214. The largest absolute Gasteiger partial charge is 0.340 e. The van der Waals surface area contributed by atoms with Crippen molar-refractivity contribution in [3.05, 3.63) is 101 Å². The number of halogens is 1. The van der Waals surface area contributed by atoms with Gasteiger partial charge in [-0.25, -0.2) is 13.8 Å². The molecule has 0 radical (unpaired) electrons. The molecular weight excluding hydrogens is 508 g/mol. The molecule has 1 aromatic heterocycles. The van der Waals surface area contributed by atoms with Crippen molar-refractivity contribution in [2.24, 2.45) is 5.10 Å². The lowest BCUT2D eigenvalue weighted by Gasteiger charge is -2.22. The molecule has 0 unspecified atom stereocenters. The quantitative estimate of drug-likeness (QED) is 0.269. The van der Waals surface area contributed by atoms with Gasteiger partial charge >= 0.3 is 0 Å². The van der Waals surface area contributed by atoms with Crippen molar-refractivity contribution in [2.45, 2.75) is 37.2 Å². The van der Waals surface area contributed by atoms with E-state index in [9.17, 15) is 13.2 Å². The second-order valence-electron chi connectivity index (χ2n) is 9.05. The van der Waals surface area contributed by atoms with Gasteiger partial charge in [-0.1, -0.05) is 60.1 Å². The van der Waals surface area contributed by atoms with E-state index in [-0.39, 0.29) is 11.4 Å². The van der Waals surface area contributed by atoms with Gasteiger partial charge in [0.15, 0.2) is 0 Å². The van der Waals surface area contributed by atoms with Crippen LogP contribution in [0.15, 0.2) is 88.9 Å². The Balaban J connectivity index is 1.36. The highest BCUT2D eigenvalue weighted by Crippen LogP contribution is 2.28. The topological polar surface area (TPSA) is 83.8 Å². The van der Waals surface area contributed by atoms with Crippen LogP contribution >= 0.6 is 11.6 Å². The third kappa shape index (κ3) is 5.05. The second kappa shape index (κ2) is 10.5. The summed E-state index contributed by atoms with van der Waals surface area (Å²) in [6.45, 7) is 3.02. The van der Waals surface area contributed by atoms with Crippen LogP contribution in [0.3, 0.4) is 0 Å². The van der Waals surface area contributed by atoms with Crippen LogP contribution in [0, 0.1) is 6.92 Å². The number of aromatic nitrogens is 1. The minimum atomic E-state index is -3.83. The summed E-state index contributed by atoms with van der Waals surface area (Å²) >= 11 is 5.91. The highest BCUT2D eigenvalue weighted by Gasteiger charge is 2.39. The van der Waals surface area contributed by atoms with E-state index in [1.807, 2.05) is 43.3 Å². The molecule has 0 aliphatic carbocycles. The Morgan fingerprint density at radius 3 is 2.51 bits per heavy atom. The molecule has 1 aliphatic rings. The summed E-state index contributed by atoms with van der Waals surface area (Å²) in [6, 6.07) is 23.4. The lowest BCUT2D eigenvalue weighted by Crippen LogP contribution is -2.44. The molecular formula is C28H27ClN4O3S. The Kier molecular flexibility index (Phi) is 7.15. The molecule has 1 atom stereocenters. The molecule has 37 heavy (non-hydrogen) atoms. The first-order valence-electron chi connectivity index (χ1n) is 12.1. The van der Waals surface area contributed by atoms with E-state index >= 15 is 0 Å². The van der Waals surface area contributed by atoms with Gasteiger partial charge in [0.2, 0.25) is 10.0 Å². The van der Waals surface area contributed by atoms with Gasteiger partial charge in [0, 0.05) is 40.3 Å². The number of amides is 1. The molecule has 9 heteroatoms. The third-order valence-electron chi connectivity index (χ3n) is 6.76. The number of rotatable bonds is 7. The summed E-state index contributed by atoms with van der Waals surface area (Å²) < 4.78 is 29.8. The SMILES string of the molecule is Cc1c(/C=N\NC(=O)[C@@H]2CCCN2S(=O)(=O)c2ccc(Cl)cc2)c2ccccc2n1Cc1ccccc1. The van der Waals surface area contributed by atoms with Crippen LogP contribution in [-0.4, -0.2) is 42.0 Å². The van der Waals surface area contributed by atoms with E-state index in [2.05, 4.69) is 33.3 Å². The van der Waals surface area contributed by atoms with E-state index in [0.717, 1.165) is 22.2 Å². The van der Waals surface area contributed by atoms with E-state index in [1.54, 1.807) is 6.21 Å². The zero-order chi connectivity index (χ0) is 26.0. The normalized spacial score (nSPS) is 16.5. The molecule has 0 saturated carbocycles. The molecule has 1 amide bonds.